The summed E-state index contributed by atoms with van der Waals surface area (Å²) in [4.78, 5) is 16.0. The Hall–Kier alpha value is -2.64. The van der Waals surface area contributed by atoms with Crippen molar-refractivity contribution >= 4 is 0 Å². The summed E-state index contributed by atoms with van der Waals surface area (Å²) in [5.41, 5.74) is 2.11. The van der Waals surface area contributed by atoms with Gasteiger partial charge in [-0.15, -0.1) is 0 Å². The molecule has 140 valence electrons. The van der Waals surface area contributed by atoms with Gasteiger partial charge in [-0.3, -0.25) is 4.90 Å². The van der Waals surface area contributed by atoms with Crippen molar-refractivity contribution in [1.82, 2.24) is 25.0 Å². The van der Waals surface area contributed by atoms with Crippen LogP contribution in [0.5, 0.6) is 0 Å². The first kappa shape index (κ1) is 17.8. The predicted octanol–water partition coefficient (Wildman–Crippen LogP) is 3.05. The number of hydrogen-bond acceptors (Lipinski definition) is 7. The molecule has 0 amide bonds. The van der Waals surface area contributed by atoms with E-state index in [0.717, 1.165) is 43.0 Å². The molecule has 27 heavy (non-hydrogen) atoms. The molecule has 3 aromatic rings. The van der Waals surface area contributed by atoms with E-state index < -0.39 is 0 Å². The van der Waals surface area contributed by atoms with E-state index in [1.807, 2.05) is 30.5 Å². The van der Waals surface area contributed by atoms with Gasteiger partial charge in [-0.1, -0.05) is 35.5 Å². The lowest BCUT2D eigenvalue weighted by molar-refractivity contribution is 0.172. The zero-order valence-corrected chi connectivity index (χ0v) is 15.4. The SMILES string of the molecule is COCc1noc(CN2CCC(c3nccc(-c4ccccc4)n3)CC2)n1. The largest absolute Gasteiger partial charge is 0.377 e. The van der Waals surface area contributed by atoms with Gasteiger partial charge in [0, 0.05) is 24.8 Å². The Kier molecular flexibility index (Phi) is 5.50. The van der Waals surface area contributed by atoms with Crippen molar-refractivity contribution < 1.29 is 9.26 Å². The van der Waals surface area contributed by atoms with Crippen molar-refractivity contribution in [2.24, 2.45) is 0 Å². The van der Waals surface area contributed by atoms with Crippen molar-refractivity contribution in [3.05, 3.63) is 60.1 Å². The second-order valence-electron chi connectivity index (χ2n) is 6.75. The highest BCUT2D eigenvalue weighted by atomic mass is 16.5. The van der Waals surface area contributed by atoms with Gasteiger partial charge < -0.3 is 9.26 Å². The van der Waals surface area contributed by atoms with Crippen molar-refractivity contribution in [3.63, 3.8) is 0 Å². The maximum absolute atomic E-state index is 5.29. The molecule has 1 saturated heterocycles. The summed E-state index contributed by atoms with van der Waals surface area (Å²) in [5, 5.41) is 3.91. The molecule has 1 fully saturated rings. The van der Waals surface area contributed by atoms with Crippen LogP contribution in [0.25, 0.3) is 11.3 Å². The van der Waals surface area contributed by atoms with Crippen LogP contribution in [0.15, 0.2) is 47.1 Å². The highest BCUT2D eigenvalue weighted by Crippen LogP contribution is 2.27. The molecule has 0 aliphatic carbocycles. The fraction of sp³-hybridized carbons (Fsp3) is 0.400. The van der Waals surface area contributed by atoms with E-state index in [0.29, 0.717) is 30.8 Å². The van der Waals surface area contributed by atoms with E-state index in [2.05, 4.69) is 32.2 Å². The second kappa shape index (κ2) is 8.37. The number of likely N-dealkylation sites (tertiary alicyclic amines) is 1. The lowest BCUT2D eigenvalue weighted by Gasteiger charge is -2.30. The van der Waals surface area contributed by atoms with Gasteiger partial charge >= 0.3 is 0 Å². The number of methoxy groups -OCH3 is 1. The van der Waals surface area contributed by atoms with Crippen LogP contribution in [0.3, 0.4) is 0 Å². The Morgan fingerprint density at radius 3 is 2.70 bits per heavy atom. The summed E-state index contributed by atoms with van der Waals surface area (Å²) in [6.07, 6.45) is 3.92. The van der Waals surface area contributed by atoms with Crippen LogP contribution in [0, 0.1) is 0 Å². The fourth-order valence-corrected chi connectivity index (χ4v) is 3.42. The normalized spacial score (nSPS) is 15.9. The highest BCUT2D eigenvalue weighted by Gasteiger charge is 2.24. The predicted molar refractivity (Wildman–Crippen MR) is 99.7 cm³/mol. The van der Waals surface area contributed by atoms with Crippen LogP contribution in [0.1, 0.15) is 36.3 Å². The van der Waals surface area contributed by atoms with Crippen LogP contribution in [-0.4, -0.2) is 45.2 Å². The molecule has 1 aromatic carbocycles. The van der Waals surface area contributed by atoms with E-state index in [9.17, 15) is 0 Å². The van der Waals surface area contributed by atoms with Crippen molar-refractivity contribution in [3.8, 4) is 11.3 Å². The van der Waals surface area contributed by atoms with Gasteiger partial charge in [0.2, 0.25) is 5.89 Å². The zero-order chi connectivity index (χ0) is 18.5. The number of nitrogens with zero attached hydrogens (tertiary/aromatic N) is 5. The summed E-state index contributed by atoms with van der Waals surface area (Å²) in [6, 6.07) is 12.2. The minimum absolute atomic E-state index is 0.376. The smallest absolute Gasteiger partial charge is 0.240 e. The molecule has 0 atom stereocenters. The summed E-state index contributed by atoms with van der Waals surface area (Å²) in [6.45, 7) is 2.98. The minimum atomic E-state index is 0.376. The molecule has 0 bridgehead atoms. The van der Waals surface area contributed by atoms with Crippen molar-refractivity contribution in [2.45, 2.75) is 31.9 Å². The van der Waals surface area contributed by atoms with Gasteiger partial charge in [0.15, 0.2) is 5.82 Å². The monoisotopic (exact) mass is 365 g/mol. The Morgan fingerprint density at radius 2 is 1.93 bits per heavy atom. The topological polar surface area (TPSA) is 77.2 Å². The lowest BCUT2D eigenvalue weighted by Crippen LogP contribution is -2.33. The number of piperidine rings is 1. The average Bonchev–Trinajstić information content (AvgIpc) is 3.16. The third-order valence-corrected chi connectivity index (χ3v) is 4.84. The standard InChI is InChI=1S/C20H23N5O2/c1-26-14-18-23-19(27-24-18)13-25-11-8-16(9-12-25)20-21-10-7-17(22-20)15-5-3-2-4-6-15/h2-7,10,16H,8-9,11-14H2,1H3. The fourth-order valence-electron chi connectivity index (χ4n) is 3.42. The number of benzene rings is 1. The van der Waals surface area contributed by atoms with Crippen LogP contribution < -0.4 is 0 Å². The first-order valence-electron chi connectivity index (χ1n) is 9.23. The molecule has 7 heteroatoms. The quantitative estimate of drug-likeness (QED) is 0.664. The van der Waals surface area contributed by atoms with E-state index in [1.165, 1.54) is 0 Å². The van der Waals surface area contributed by atoms with Crippen LogP contribution in [0.2, 0.25) is 0 Å². The van der Waals surface area contributed by atoms with Gasteiger partial charge in [-0.25, -0.2) is 9.97 Å². The number of hydrogen-bond donors (Lipinski definition) is 0. The van der Waals surface area contributed by atoms with Gasteiger partial charge in [0.1, 0.15) is 12.4 Å². The Morgan fingerprint density at radius 1 is 1.11 bits per heavy atom. The van der Waals surface area contributed by atoms with Gasteiger partial charge in [-0.2, -0.15) is 4.98 Å². The van der Waals surface area contributed by atoms with E-state index in [-0.39, 0.29) is 0 Å². The highest BCUT2D eigenvalue weighted by molar-refractivity contribution is 5.58. The van der Waals surface area contributed by atoms with Crippen LogP contribution >= 0.6 is 0 Å². The van der Waals surface area contributed by atoms with Crippen molar-refractivity contribution in [2.75, 3.05) is 20.2 Å². The molecule has 0 N–H and O–H groups in total. The third-order valence-electron chi connectivity index (χ3n) is 4.84. The van der Waals surface area contributed by atoms with Gasteiger partial charge in [0.05, 0.1) is 12.2 Å². The summed E-state index contributed by atoms with van der Waals surface area (Å²) < 4.78 is 10.3. The molecule has 3 heterocycles. The zero-order valence-electron chi connectivity index (χ0n) is 15.4. The van der Waals surface area contributed by atoms with Crippen molar-refractivity contribution in [1.29, 1.82) is 0 Å². The summed E-state index contributed by atoms with van der Waals surface area (Å²) in [7, 11) is 1.62. The molecule has 0 saturated carbocycles. The minimum Gasteiger partial charge on any atom is -0.377 e. The Bertz CT molecular complexity index is 860. The number of ether oxygens (including phenoxy) is 1. The van der Waals surface area contributed by atoms with E-state index >= 15 is 0 Å². The molecular formula is C20H23N5O2. The summed E-state index contributed by atoms with van der Waals surface area (Å²) >= 11 is 0. The number of rotatable bonds is 6. The molecule has 1 aliphatic rings. The van der Waals surface area contributed by atoms with E-state index in [1.54, 1.807) is 7.11 Å². The Balaban J connectivity index is 1.36. The second-order valence-corrected chi connectivity index (χ2v) is 6.75. The number of aromatic nitrogens is 4. The molecule has 7 nitrogen and oxygen atoms in total. The summed E-state index contributed by atoms with van der Waals surface area (Å²) in [5.74, 6) is 2.56. The first-order valence-corrected chi connectivity index (χ1v) is 9.23. The van der Waals surface area contributed by atoms with Gasteiger partial charge in [0.25, 0.3) is 0 Å². The molecular weight excluding hydrogens is 342 g/mol. The maximum atomic E-state index is 5.29. The molecule has 1 aliphatic heterocycles. The van der Waals surface area contributed by atoms with E-state index in [4.69, 9.17) is 14.2 Å². The Labute approximate surface area is 158 Å². The third kappa shape index (κ3) is 4.37. The van der Waals surface area contributed by atoms with Gasteiger partial charge in [-0.05, 0) is 32.0 Å². The maximum Gasteiger partial charge on any atom is 0.240 e. The molecule has 0 unspecified atom stereocenters. The van der Waals surface area contributed by atoms with Crippen LogP contribution in [0.4, 0.5) is 0 Å². The molecule has 0 spiro atoms. The molecule has 0 radical (unpaired) electrons. The molecule has 2 aromatic heterocycles. The molecule has 4 rings (SSSR count). The lowest BCUT2D eigenvalue weighted by atomic mass is 9.95. The average molecular weight is 365 g/mol. The first-order chi connectivity index (χ1) is 13.3. The van der Waals surface area contributed by atoms with Crippen LogP contribution in [-0.2, 0) is 17.9 Å².